The van der Waals surface area contributed by atoms with Crippen LogP contribution in [0.4, 0.5) is 0 Å². The van der Waals surface area contributed by atoms with E-state index in [0.717, 1.165) is 38.9 Å². The van der Waals surface area contributed by atoms with Crippen molar-refractivity contribution in [1.29, 1.82) is 0 Å². The number of rotatable bonds is 2. The molecule has 7 rings (SSSR count). The van der Waals surface area contributed by atoms with E-state index in [-0.39, 0.29) is 0 Å². The topological polar surface area (TPSA) is 25.8 Å². The summed E-state index contributed by atoms with van der Waals surface area (Å²) >= 11 is 1.84. The van der Waals surface area contributed by atoms with E-state index in [0.29, 0.717) is 0 Å². The van der Waals surface area contributed by atoms with Crippen molar-refractivity contribution >= 4 is 53.2 Å². The summed E-state index contributed by atoms with van der Waals surface area (Å²) in [5, 5.41) is 6.00. The molecule has 0 N–H and O–H groups in total. The number of hydrogen-bond acceptors (Lipinski definition) is 3. The SMILES string of the molecule is c1ccc(-c2nc(-c3cccc4c3sc3ccccc34)c3ccc4ccccc4c3n2)cc1. The lowest BCUT2D eigenvalue weighted by Gasteiger charge is -2.12. The Labute approximate surface area is 194 Å². The third-order valence-electron chi connectivity index (χ3n) is 6.28. The first-order valence-electron chi connectivity index (χ1n) is 11.0. The fraction of sp³-hybridized carbons (Fsp3) is 0. The smallest absolute Gasteiger partial charge is 0.160 e. The van der Waals surface area contributed by atoms with Crippen LogP contribution in [0.25, 0.3) is 64.5 Å². The molecule has 0 fully saturated rings. The third-order valence-corrected chi connectivity index (χ3v) is 7.50. The Bertz CT molecular complexity index is 1820. The van der Waals surface area contributed by atoms with Crippen LogP contribution in [0.15, 0.2) is 109 Å². The minimum Gasteiger partial charge on any atom is -0.227 e. The molecule has 3 heteroatoms. The first-order valence-corrected chi connectivity index (χ1v) is 11.8. The maximum absolute atomic E-state index is 5.16. The maximum atomic E-state index is 5.16. The lowest BCUT2D eigenvalue weighted by Crippen LogP contribution is -1.96. The quantitative estimate of drug-likeness (QED) is 0.253. The van der Waals surface area contributed by atoms with Crippen molar-refractivity contribution in [2.75, 3.05) is 0 Å². The van der Waals surface area contributed by atoms with Gasteiger partial charge in [0.2, 0.25) is 0 Å². The highest BCUT2D eigenvalue weighted by Gasteiger charge is 2.17. The standard InChI is InChI=1S/C30H18N2S/c1-2-10-20(11-3-1)30-31-27-21-12-5-4-9-19(21)17-18-24(27)28(32-30)25-15-8-14-23-22-13-6-7-16-26(22)33-29(23)25/h1-18H. The molecule has 0 saturated heterocycles. The van der Waals surface area contributed by atoms with Gasteiger partial charge in [-0.25, -0.2) is 9.97 Å². The highest BCUT2D eigenvalue weighted by Crippen LogP contribution is 2.42. The van der Waals surface area contributed by atoms with Gasteiger partial charge in [0.15, 0.2) is 5.82 Å². The van der Waals surface area contributed by atoms with Crippen molar-refractivity contribution in [3.05, 3.63) is 109 Å². The summed E-state index contributed by atoms with van der Waals surface area (Å²) in [5.41, 5.74) is 4.17. The molecule has 2 nitrogen and oxygen atoms in total. The van der Waals surface area contributed by atoms with E-state index in [4.69, 9.17) is 9.97 Å². The molecule has 0 aliphatic carbocycles. The number of nitrogens with zero attached hydrogens (tertiary/aromatic N) is 2. The fourth-order valence-electron chi connectivity index (χ4n) is 4.72. The zero-order valence-corrected chi connectivity index (χ0v) is 18.5. The number of fused-ring (bicyclic) bond motifs is 6. The van der Waals surface area contributed by atoms with Crippen molar-refractivity contribution < 1.29 is 0 Å². The molecule has 2 aromatic heterocycles. The van der Waals surface area contributed by atoms with Crippen molar-refractivity contribution in [3.8, 4) is 22.6 Å². The van der Waals surface area contributed by atoms with Crippen LogP contribution in [0.5, 0.6) is 0 Å². The number of aromatic nitrogens is 2. The van der Waals surface area contributed by atoms with Crippen LogP contribution >= 0.6 is 11.3 Å². The lowest BCUT2D eigenvalue weighted by molar-refractivity contribution is 1.24. The Hall–Kier alpha value is -4.08. The van der Waals surface area contributed by atoms with Crippen molar-refractivity contribution in [3.63, 3.8) is 0 Å². The molecule has 7 aromatic rings. The monoisotopic (exact) mass is 438 g/mol. The number of hydrogen-bond donors (Lipinski definition) is 0. The number of benzene rings is 5. The molecule has 0 amide bonds. The minimum atomic E-state index is 0.757. The summed E-state index contributed by atoms with van der Waals surface area (Å²) in [6, 6.07) is 38.3. The summed E-state index contributed by atoms with van der Waals surface area (Å²) in [5.74, 6) is 0.757. The summed E-state index contributed by atoms with van der Waals surface area (Å²) in [6.45, 7) is 0. The van der Waals surface area contributed by atoms with Gasteiger partial charge in [-0.2, -0.15) is 0 Å². The van der Waals surface area contributed by atoms with Crippen molar-refractivity contribution in [2.45, 2.75) is 0 Å². The molecule has 0 bridgehead atoms. The highest BCUT2D eigenvalue weighted by atomic mass is 32.1. The van der Waals surface area contributed by atoms with Gasteiger partial charge in [0.25, 0.3) is 0 Å². The zero-order valence-electron chi connectivity index (χ0n) is 17.7. The second-order valence-corrected chi connectivity index (χ2v) is 9.28. The average molecular weight is 439 g/mol. The van der Waals surface area contributed by atoms with Crippen LogP contribution in [0.2, 0.25) is 0 Å². The first-order chi connectivity index (χ1) is 16.4. The summed E-state index contributed by atoms with van der Waals surface area (Å²) in [7, 11) is 0. The Kier molecular flexibility index (Phi) is 4.05. The molecule has 0 aliphatic rings. The Balaban J connectivity index is 1.63. The van der Waals surface area contributed by atoms with Gasteiger partial charge in [-0.3, -0.25) is 0 Å². The van der Waals surface area contributed by atoms with E-state index in [1.807, 2.05) is 29.5 Å². The van der Waals surface area contributed by atoms with E-state index >= 15 is 0 Å². The van der Waals surface area contributed by atoms with Gasteiger partial charge in [0, 0.05) is 42.1 Å². The van der Waals surface area contributed by atoms with Crippen molar-refractivity contribution in [2.24, 2.45) is 0 Å². The molecule has 33 heavy (non-hydrogen) atoms. The van der Waals surface area contributed by atoms with E-state index in [2.05, 4.69) is 91.0 Å². The molecule has 0 unspecified atom stereocenters. The summed E-state index contributed by atoms with van der Waals surface area (Å²) in [4.78, 5) is 10.2. The first kappa shape index (κ1) is 18.5. The molecule has 5 aromatic carbocycles. The fourth-order valence-corrected chi connectivity index (χ4v) is 5.94. The maximum Gasteiger partial charge on any atom is 0.160 e. The Morgan fingerprint density at radius 2 is 1.27 bits per heavy atom. The van der Waals surface area contributed by atoms with Gasteiger partial charge < -0.3 is 0 Å². The third kappa shape index (κ3) is 2.86. The van der Waals surface area contributed by atoms with Gasteiger partial charge in [-0.05, 0) is 17.5 Å². The van der Waals surface area contributed by atoms with Gasteiger partial charge in [-0.1, -0.05) is 97.1 Å². The average Bonchev–Trinajstić information content (AvgIpc) is 3.27. The molecular weight excluding hydrogens is 420 g/mol. The predicted octanol–water partition coefficient (Wildman–Crippen LogP) is 8.48. The molecule has 0 atom stereocenters. The number of thiophene rings is 1. The predicted molar refractivity (Wildman–Crippen MR) is 141 cm³/mol. The Morgan fingerprint density at radius 3 is 2.18 bits per heavy atom. The molecular formula is C30H18N2S. The van der Waals surface area contributed by atoms with Crippen LogP contribution < -0.4 is 0 Å². The van der Waals surface area contributed by atoms with Crippen LogP contribution in [0, 0.1) is 0 Å². The summed E-state index contributed by atoms with van der Waals surface area (Å²) in [6.07, 6.45) is 0. The van der Waals surface area contributed by atoms with Crippen LogP contribution in [0.3, 0.4) is 0 Å². The molecule has 0 spiro atoms. The normalized spacial score (nSPS) is 11.6. The van der Waals surface area contributed by atoms with Gasteiger partial charge >= 0.3 is 0 Å². The van der Waals surface area contributed by atoms with Crippen LogP contribution in [-0.4, -0.2) is 9.97 Å². The second kappa shape index (κ2) is 7.22. The van der Waals surface area contributed by atoms with E-state index < -0.39 is 0 Å². The van der Waals surface area contributed by atoms with Crippen LogP contribution in [0.1, 0.15) is 0 Å². The van der Waals surface area contributed by atoms with E-state index in [9.17, 15) is 0 Å². The van der Waals surface area contributed by atoms with E-state index in [1.54, 1.807) is 0 Å². The zero-order chi connectivity index (χ0) is 21.8. The molecule has 154 valence electrons. The van der Waals surface area contributed by atoms with Gasteiger partial charge in [0.1, 0.15) is 0 Å². The molecule has 0 aliphatic heterocycles. The van der Waals surface area contributed by atoms with E-state index in [1.165, 1.54) is 25.6 Å². The lowest BCUT2D eigenvalue weighted by atomic mass is 10.00. The second-order valence-electron chi connectivity index (χ2n) is 8.23. The van der Waals surface area contributed by atoms with Crippen molar-refractivity contribution in [1.82, 2.24) is 9.97 Å². The molecule has 0 radical (unpaired) electrons. The van der Waals surface area contributed by atoms with Gasteiger partial charge in [0.05, 0.1) is 11.2 Å². The Morgan fingerprint density at radius 1 is 0.515 bits per heavy atom. The van der Waals surface area contributed by atoms with Gasteiger partial charge in [-0.15, -0.1) is 11.3 Å². The largest absolute Gasteiger partial charge is 0.227 e. The minimum absolute atomic E-state index is 0.757. The molecule has 2 heterocycles. The molecule has 0 saturated carbocycles. The summed E-state index contributed by atoms with van der Waals surface area (Å²) < 4.78 is 2.57. The van der Waals surface area contributed by atoms with Crippen LogP contribution in [-0.2, 0) is 0 Å². The highest BCUT2D eigenvalue weighted by molar-refractivity contribution is 7.26.